The highest BCUT2D eigenvalue weighted by Crippen LogP contribution is 2.26. The van der Waals surface area contributed by atoms with E-state index in [9.17, 15) is 9.59 Å². The Bertz CT molecular complexity index is 536. The molecule has 0 aliphatic carbocycles. The van der Waals surface area contributed by atoms with E-state index < -0.39 is 0 Å². The molecule has 4 nitrogen and oxygen atoms in total. The third-order valence-corrected chi connectivity index (χ3v) is 3.25. The Kier molecular flexibility index (Phi) is 5.30. The minimum Gasteiger partial charge on any atom is -0.383 e. The molecular formula is C14H17BrN2O2. The number of hydrogen-bond donors (Lipinski definition) is 1. The van der Waals surface area contributed by atoms with Crippen molar-refractivity contribution in [2.45, 2.75) is 13.8 Å². The van der Waals surface area contributed by atoms with Crippen LogP contribution >= 0.6 is 15.9 Å². The first kappa shape index (κ1) is 15.4. The largest absolute Gasteiger partial charge is 0.383 e. The van der Waals surface area contributed by atoms with Crippen molar-refractivity contribution in [1.82, 2.24) is 4.90 Å². The van der Waals surface area contributed by atoms with Crippen LogP contribution in [0.25, 0.3) is 0 Å². The Morgan fingerprint density at radius 2 is 1.95 bits per heavy atom. The van der Waals surface area contributed by atoms with Crippen molar-refractivity contribution in [1.29, 1.82) is 0 Å². The second kappa shape index (κ2) is 6.52. The number of anilines is 1. The van der Waals surface area contributed by atoms with Gasteiger partial charge in [0.25, 0.3) is 0 Å². The second-order valence-electron chi connectivity index (χ2n) is 4.47. The molecule has 0 bridgehead atoms. The standard InChI is InChI=1S/C14H17BrN2O2/c1-9-7-13(16-10(2)18)11(8-12(9)15)14(19)5-6-17(3)4/h5-8H,1-4H3,(H,16,18). The van der Waals surface area contributed by atoms with Gasteiger partial charge >= 0.3 is 0 Å². The molecule has 0 aliphatic heterocycles. The lowest BCUT2D eigenvalue weighted by atomic mass is 10.1. The minimum absolute atomic E-state index is 0.154. The van der Waals surface area contributed by atoms with Crippen LogP contribution in [0.1, 0.15) is 22.8 Å². The van der Waals surface area contributed by atoms with Gasteiger partial charge in [-0.3, -0.25) is 9.59 Å². The van der Waals surface area contributed by atoms with Crippen LogP contribution in [0.5, 0.6) is 0 Å². The Labute approximate surface area is 121 Å². The molecule has 1 N–H and O–H groups in total. The van der Waals surface area contributed by atoms with E-state index >= 15 is 0 Å². The third kappa shape index (κ3) is 4.52. The molecule has 102 valence electrons. The summed E-state index contributed by atoms with van der Waals surface area (Å²) in [6.07, 6.45) is 3.15. The van der Waals surface area contributed by atoms with E-state index in [4.69, 9.17) is 0 Å². The summed E-state index contributed by atoms with van der Waals surface area (Å²) >= 11 is 3.40. The SMILES string of the molecule is CC(=O)Nc1cc(C)c(Br)cc1C(=O)C=CN(C)C. The van der Waals surface area contributed by atoms with E-state index in [2.05, 4.69) is 21.2 Å². The van der Waals surface area contributed by atoms with Gasteiger partial charge in [-0.15, -0.1) is 0 Å². The lowest BCUT2D eigenvalue weighted by Crippen LogP contribution is -2.11. The van der Waals surface area contributed by atoms with Gasteiger partial charge in [0.1, 0.15) is 0 Å². The molecular weight excluding hydrogens is 308 g/mol. The number of ketones is 1. The lowest BCUT2D eigenvalue weighted by molar-refractivity contribution is -0.114. The average Bonchev–Trinajstić information content (AvgIpc) is 2.29. The molecule has 0 unspecified atom stereocenters. The Balaban J connectivity index is 3.20. The fourth-order valence-electron chi connectivity index (χ4n) is 1.48. The maximum atomic E-state index is 12.1. The van der Waals surface area contributed by atoms with Crippen LogP contribution < -0.4 is 5.32 Å². The molecule has 0 aliphatic rings. The number of carbonyl (C=O) groups excluding carboxylic acids is 2. The minimum atomic E-state index is -0.202. The Hall–Kier alpha value is -1.62. The summed E-state index contributed by atoms with van der Waals surface area (Å²) in [6.45, 7) is 3.32. The van der Waals surface area contributed by atoms with Crippen molar-refractivity contribution >= 4 is 33.3 Å². The highest BCUT2D eigenvalue weighted by molar-refractivity contribution is 9.10. The fraction of sp³-hybridized carbons (Fsp3) is 0.286. The predicted octanol–water partition coefficient (Wildman–Crippen LogP) is 2.97. The van der Waals surface area contributed by atoms with Crippen LogP contribution in [0.2, 0.25) is 0 Å². The zero-order valence-electron chi connectivity index (χ0n) is 11.5. The zero-order chi connectivity index (χ0) is 14.6. The number of aryl methyl sites for hydroxylation is 1. The topological polar surface area (TPSA) is 49.4 Å². The Morgan fingerprint density at radius 1 is 1.32 bits per heavy atom. The molecule has 1 rings (SSSR count). The van der Waals surface area contributed by atoms with Crippen molar-refractivity contribution < 1.29 is 9.59 Å². The van der Waals surface area contributed by atoms with Gasteiger partial charge in [-0.05, 0) is 24.6 Å². The Morgan fingerprint density at radius 3 is 2.47 bits per heavy atom. The van der Waals surface area contributed by atoms with Crippen molar-refractivity contribution in [3.05, 3.63) is 40.0 Å². The first-order chi connectivity index (χ1) is 8.81. The van der Waals surface area contributed by atoms with Crippen molar-refractivity contribution in [3.63, 3.8) is 0 Å². The van der Waals surface area contributed by atoms with Gasteiger partial charge in [-0.1, -0.05) is 15.9 Å². The molecule has 0 fully saturated rings. The number of rotatable bonds is 4. The quantitative estimate of drug-likeness (QED) is 0.684. The number of hydrogen-bond acceptors (Lipinski definition) is 3. The van der Waals surface area contributed by atoms with E-state index in [0.29, 0.717) is 11.3 Å². The molecule has 1 aromatic rings. The van der Waals surface area contributed by atoms with E-state index in [1.54, 1.807) is 23.2 Å². The van der Waals surface area contributed by atoms with E-state index in [1.807, 2.05) is 21.0 Å². The van der Waals surface area contributed by atoms with Gasteiger partial charge in [0.15, 0.2) is 5.78 Å². The van der Waals surface area contributed by atoms with Crippen LogP contribution in [0, 0.1) is 6.92 Å². The summed E-state index contributed by atoms with van der Waals surface area (Å²) in [5.41, 5.74) is 1.95. The van der Waals surface area contributed by atoms with E-state index in [0.717, 1.165) is 10.0 Å². The summed E-state index contributed by atoms with van der Waals surface area (Å²) in [6, 6.07) is 3.51. The van der Waals surface area contributed by atoms with Crippen LogP contribution in [-0.2, 0) is 4.79 Å². The molecule has 0 saturated heterocycles. The van der Waals surface area contributed by atoms with E-state index in [1.165, 1.54) is 13.0 Å². The molecule has 0 radical (unpaired) electrons. The van der Waals surface area contributed by atoms with Gasteiger partial charge in [0.2, 0.25) is 5.91 Å². The fourth-order valence-corrected chi connectivity index (χ4v) is 1.83. The number of nitrogens with zero attached hydrogens (tertiary/aromatic N) is 1. The van der Waals surface area contributed by atoms with Gasteiger partial charge in [0, 0.05) is 43.3 Å². The summed E-state index contributed by atoms with van der Waals surface area (Å²) in [5, 5.41) is 2.68. The molecule has 0 spiro atoms. The van der Waals surface area contributed by atoms with Gasteiger partial charge in [0.05, 0.1) is 5.69 Å². The monoisotopic (exact) mass is 324 g/mol. The maximum Gasteiger partial charge on any atom is 0.221 e. The van der Waals surface area contributed by atoms with Crippen molar-refractivity contribution in [2.75, 3.05) is 19.4 Å². The third-order valence-electron chi connectivity index (χ3n) is 2.40. The van der Waals surface area contributed by atoms with Gasteiger partial charge in [-0.2, -0.15) is 0 Å². The van der Waals surface area contributed by atoms with Crippen LogP contribution in [0.3, 0.4) is 0 Å². The number of benzene rings is 1. The summed E-state index contributed by atoms with van der Waals surface area (Å²) < 4.78 is 0.836. The summed E-state index contributed by atoms with van der Waals surface area (Å²) in [5.74, 6) is -0.356. The number of allylic oxidation sites excluding steroid dienone is 1. The zero-order valence-corrected chi connectivity index (χ0v) is 13.0. The van der Waals surface area contributed by atoms with Gasteiger partial charge < -0.3 is 10.2 Å². The molecule has 1 amide bonds. The van der Waals surface area contributed by atoms with Crippen molar-refractivity contribution in [2.24, 2.45) is 0 Å². The lowest BCUT2D eigenvalue weighted by Gasteiger charge is -2.11. The molecule has 5 heteroatoms. The summed E-state index contributed by atoms with van der Waals surface area (Å²) in [7, 11) is 3.67. The van der Waals surface area contributed by atoms with E-state index in [-0.39, 0.29) is 11.7 Å². The first-order valence-electron chi connectivity index (χ1n) is 5.78. The number of carbonyl (C=O) groups is 2. The molecule has 0 aromatic heterocycles. The molecule has 19 heavy (non-hydrogen) atoms. The highest BCUT2D eigenvalue weighted by atomic mass is 79.9. The first-order valence-corrected chi connectivity index (χ1v) is 6.57. The predicted molar refractivity (Wildman–Crippen MR) is 80.3 cm³/mol. The number of amides is 1. The number of nitrogens with one attached hydrogen (secondary N) is 1. The van der Waals surface area contributed by atoms with Crippen LogP contribution in [0.15, 0.2) is 28.9 Å². The van der Waals surface area contributed by atoms with Crippen LogP contribution in [0.4, 0.5) is 5.69 Å². The second-order valence-corrected chi connectivity index (χ2v) is 5.33. The normalized spacial score (nSPS) is 10.6. The van der Waals surface area contributed by atoms with Gasteiger partial charge in [-0.25, -0.2) is 0 Å². The maximum absolute atomic E-state index is 12.1. The highest BCUT2D eigenvalue weighted by Gasteiger charge is 2.12. The average molecular weight is 325 g/mol. The summed E-state index contributed by atoms with van der Waals surface area (Å²) in [4.78, 5) is 25.1. The van der Waals surface area contributed by atoms with Crippen LogP contribution in [-0.4, -0.2) is 30.7 Å². The molecule has 0 atom stereocenters. The molecule has 0 saturated carbocycles. The molecule has 1 aromatic carbocycles. The smallest absolute Gasteiger partial charge is 0.221 e. The van der Waals surface area contributed by atoms with Crippen molar-refractivity contribution in [3.8, 4) is 0 Å². The number of halogens is 1. The molecule has 0 heterocycles.